The van der Waals surface area contributed by atoms with E-state index >= 15 is 0 Å². The molecule has 0 aliphatic carbocycles. The zero-order chi connectivity index (χ0) is 23.6. The Morgan fingerprint density at radius 3 is 2.39 bits per heavy atom. The van der Waals surface area contributed by atoms with Crippen LogP contribution < -0.4 is 15.4 Å². The molecule has 1 amide bonds. The summed E-state index contributed by atoms with van der Waals surface area (Å²) >= 11 is 0. The third-order valence-corrected chi connectivity index (χ3v) is 5.12. The molecule has 1 heterocycles. The number of carbonyl (C=O) groups is 1. The lowest BCUT2D eigenvalue weighted by atomic mass is 10.0. The summed E-state index contributed by atoms with van der Waals surface area (Å²) in [6.45, 7) is 10.5. The third kappa shape index (κ3) is 10.3. The number of halogens is 1. The van der Waals surface area contributed by atoms with Crippen molar-refractivity contribution < 1.29 is 19.0 Å². The van der Waals surface area contributed by atoms with E-state index in [1.54, 1.807) is 26.1 Å². The third-order valence-electron chi connectivity index (χ3n) is 5.12. The van der Waals surface area contributed by atoms with Gasteiger partial charge < -0.3 is 29.7 Å². The summed E-state index contributed by atoms with van der Waals surface area (Å²) < 4.78 is 16.2. The summed E-state index contributed by atoms with van der Waals surface area (Å²) in [7, 11) is 5.14. The molecular formula is C23H40IN5O4. The van der Waals surface area contributed by atoms with E-state index in [-0.39, 0.29) is 36.1 Å². The van der Waals surface area contributed by atoms with E-state index in [1.165, 1.54) is 5.56 Å². The Kier molecular flexibility index (Phi) is 12.8. The molecule has 0 saturated carbocycles. The quantitative estimate of drug-likeness (QED) is 0.279. The Morgan fingerprint density at radius 1 is 1.21 bits per heavy atom. The molecule has 1 aromatic carbocycles. The Balaban J connectivity index is 0.00000544. The van der Waals surface area contributed by atoms with Crippen LogP contribution in [-0.2, 0) is 9.47 Å². The van der Waals surface area contributed by atoms with E-state index < -0.39 is 5.60 Å². The van der Waals surface area contributed by atoms with Crippen molar-refractivity contribution in [1.82, 2.24) is 20.4 Å². The summed E-state index contributed by atoms with van der Waals surface area (Å²) in [4.78, 5) is 20.4. The van der Waals surface area contributed by atoms with Crippen LogP contribution in [0.4, 0.5) is 4.79 Å². The van der Waals surface area contributed by atoms with Crippen LogP contribution in [0.2, 0.25) is 0 Å². The molecule has 1 aliphatic rings. The number of hydrogen-bond acceptors (Lipinski definition) is 6. The van der Waals surface area contributed by atoms with Gasteiger partial charge in [-0.05, 0) is 38.5 Å². The fourth-order valence-corrected chi connectivity index (χ4v) is 3.36. The number of ether oxygens (including phenoxy) is 3. The van der Waals surface area contributed by atoms with Crippen molar-refractivity contribution in [3.05, 3.63) is 29.8 Å². The minimum atomic E-state index is -0.508. The molecule has 0 bridgehead atoms. The highest BCUT2D eigenvalue weighted by atomic mass is 127. The van der Waals surface area contributed by atoms with Crippen LogP contribution in [-0.4, -0.2) is 94.6 Å². The van der Waals surface area contributed by atoms with Crippen LogP contribution >= 0.6 is 24.0 Å². The van der Waals surface area contributed by atoms with Crippen molar-refractivity contribution in [3.8, 4) is 5.75 Å². The van der Waals surface area contributed by atoms with Crippen molar-refractivity contribution in [3.63, 3.8) is 0 Å². The number of benzene rings is 1. The number of likely N-dealkylation sites (N-methyl/N-ethyl adjacent to an activating group) is 1. The van der Waals surface area contributed by atoms with Gasteiger partial charge in [0, 0.05) is 46.8 Å². The summed E-state index contributed by atoms with van der Waals surface area (Å²) in [5, 5.41) is 6.70. The fraction of sp³-hybridized carbons (Fsp3) is 0.652. The first-order chi connectivity index (χ1) is 15.2. The van der Waals surface area contributed by atoms with E-state index in [2.05, 4.69) is 32.7 Å². The second-order valence-corrected chi connectivity index (χ2v) is 8.72. The van der Waals surface area contributed by atoms with Crippen molar-refractivity contribution >= 4 is 36.0 Å². The zero-order valence-corrected chi connectivity index (χ0v) is 23.0. The van der Waals surface area contributed by atoms with Gasteiger partial charge in [-0.3, -0.25) is 9.89 Å². The van der Waals surface area contributed by atoms with Crippen LogP contribution in [0.1, 0.15) is 32.4 Å². The van der Waals surface area contributed by atoms with Gasteiger partial charge in [0.25, 0.3) is 0 Å². The van der Waals surface area contributed by atoms with Gasteiger partial charge in [-0.1, -0.05) is 12.1 Å². The average molecular weight is 578 g/mol. The van der Waals surface area contributed by atoms with Gasteiger partial charge in [-0.2, -0.15) is 0 Å². The number of morpholine rings is 1. The smallest absolute Gasteiger partial charge is 0.410 e. The molecule has 188 valence electrons. The Labute approximate surface area is 215 Å². The van der Waals surface area contributed by atoms with Gasteiger partial charge in [0.15, 0.2) is 5.96 Å². The molecule has 1 aromatic rings. The number of nitrogens with one attached hydrogen (secondary N) is 2. The van der Waals surface area contributed by atoms with Gasteiger partial charge in [-0.15, -0.1) is 24.0 Å². The average Bonchev–Trinajstić information content (AvgIpc) is 2.77. The molecule has 1 atom stereocenters. The predicted molar refractivity (Wildman–Crippen MR) is 142 cm³/mol. The van der Waals surface area contributed by atoms with Crippen LogP contribution in [0.25, 0.3) is 0 Å². The highest BCUT2D eigenvalue weighted by Gasteiger charge is 2.23. The van der Waals surface area contributed by atoms with E-state index in [0.717, 1.165) is 32.1 Å². The number of amides is 1. The van der Waals surface area contributed by atoms with E-state index in [0.29, 0.717) is 25.6 Å². The Bertz CT molecular complexity index is 733. The summed E-state index contributed by atoms with van der Waals surface area (Å²) in [6, 6.07) is 8.36. The molecule has 1 fully saturated rings. The van der Waals surface area contributed by atoms with Crippen LogP contribution in [0.3, 0.4) is 0 Å². The molecule has 9 nitrogen and oxygen atoms in total. The van der Waals surface area contributed by atoms with Crippen molar-refractivity contribution in [2.45, 2.75) is 32.4 Å². The van der Waals surface area contributed by atoms with Crippen molar-refractivity contribution in [1.29, 1.82) is 0 Å². The van der Waals surface area contributed by atoms with Gasteiger partial charge in [0.05, 0.1) is 26.4 Å². The highest BCUT2D eigenvalue weighted by molar-refractivity contribution is 14.0. The topological polar surface area (TPSA) is 87.7 Å². The van der Waals surface area contributed by atoms with Crippen LogP contribution in [0, 0.1) is 0 Å². The number of aliphatic imine (C=N–C) groups is 1. The summed E-state index contributed by atoms with van der Waals surface area (Å²) in [5.41, 5.74) is 0.701. The molecule has 0 spiro atoms. The summed E-state index contributed by atoms with van der Waals surface area (Å²) in [5.74, 6) is 1.53. The number of methoxy groups -OCH3 is 1. The lowest BCUT2D eigenvalue weighted by molar-refractivity contribution is 0.0169. The first-order valence-electron chi connectivity index (χ1n) is 11.1. The summed E-state index contributed by atoms with van der Waals surface area (Å²) in [6.07, 6.45) is -0.339. The minimum absolute atomic E-state index is 0. The van der Waals surface area contributed by atoms with Gasteiger partial charge >= 0.3 is 6.09 Å². The zero-order valence-electron chi connectivity index (χ0n) is 20.7. The molecule has 2 N–H and O–H groups in total. The Hall–Kier alpha value is -1.79. The first kappa shape index (κ1) is 29.2. The highest BCUT2D eigenvalue weighted by Crippen LogP contribution is 2.23. The monoisotopic (exact) mass is 577 g/mol. The maximum Gasteiger partial charge on any atom is 0.410 e. The minimum Gasteiger partial charge on any atom is -0.497 e. The molecule has 0 radical (unpaired) electrons. The van der Waals surface area contributed by atoms with Crippen LogP contribution in [0.15, 0.2) is 29.3 Å². The molecule has 1 unspecified atom stereocenters. The standard InChI is InChI=1S/C23H39N5O4.HI/c1-23(2,3)32-22(29)27(5)12-11-25-21(24-4)26-17-20(28-13-15-31-16-14-28)18-7-9-19(30-6)10-8-18;/h7-10,20H,11-17H2,1-6H3,(H2,24,25,26);1H. The molecule has 1 saturated heterocycles. The molecular weight excluding hydrogens is 537 g/mol. The van der Waals surface area contributed by atoms with Crippen LogP contribution in [0.5, 0.6) is 5.75 Å². The fourth-order valence-electron chi connectivity index (χ4n) is 3.36. The number of carbonyl (C=O) groups excluding carboxylic acids is 1. The van der Waals surface area contributed by atoms with Crippen molar-refractivity contribution in [2.24, 2.45) is 4.99 Å². The lowest BCUT2D eigenvalue weighted by Crippen LogP contribution is -2.47. The Morgan fingerprint density at radius 2 is 1.85 bits per heavy atom. The van der Waals surface area contributed by atoms with E-state index in [9.17, 15) is 4.79 Å². The maximum atomic E-state index is 12.1. The maximum absolute atomic E-state index is 12.1. The van der Waals surface area contributed by atoms with E-state index in [4.69, 9.17) is 14.2 Å². The predicted octanol–water partition coefficient (Wildman–Crippen LogP) is 2.72. The largest absolute Gasteiger partial charge is 0.497 e. The van der Waals surface area contributed by atoms with Gasteiger partial charge in [0.2, 0.25) is 0 Å². The van der Waals surface area contributed by atoms with Gasteiger partial charge in [0.1, 0.15) is 11.4 Å². The van der Waals surface area contributed by atoms with E-state index in [1.807, 2.05) is 32.9 Å². The van der Waals surface area contributed by atoms with Gasteiger partial charge in [-0.25, -0.2) is 4.79 Å². The normalized spacial score (nSPS) is 15.8. The molecule has 1 aliphatic heterocycles. The first-order valence-corrected chi connectivity index (χ1v) is 11.1. The second-order valence-electron chi connectivity index (χ2n) is 8.72. The number of hydrogen-bond donors (Lipinski definition) is 2. The number of rotatable bonds is 8. The lowest BCUT2D eigenvalue weighted by Gasteiger charge is -2.35. The molecule has 0 aromatic heterocycles. The molecule has 10 heteroatoms. The number of guanidine groups is 1. The molecule has 33 heavy (non-hydrogen) atoms. The SMILES string of the molecule is CN=C(NCCN(C)C(=O)OC(C)(C)C)NCC(c1ccc(OC)cc1)N1CCOCC1.I. The number of nitrogens with zero attached hydrogens (tertiary/aromatic N) is 3. The second kappa shape index (κ2) is 14.5. The molecule has 2 rings (SSSR count). The van der Waals surface area contributed by atoms with Crippen molar-refractivity contribution in [2.75, 3.05) is 67.1 Å².